The first-order valence-corrected chi connectivity index (χ1v) is 14.0. The fourth-order valence-corrected chi connectivity index (χ4v) is 5.03. The molecule has 0 spiro atoms. The molecule has 0 amide bonds. The molecule has 4 aromatic rings. The summed E-state index contributed by atoms with van der Waals surface area (Å²) in [5, 5.41) is 0. The highest BCUT2D eigenvalue weighted by atomic mass is 19.3. The SMILES string of the molecule is C/C=C/CCC1COC(c2ccc(-c3ccc(-c4cc(F)c(C(F)(F)Oc5cc(F)c(F)c(F)c5)c(F)c4)c(F)c3)c(F)c2)OC1. The summed E-state index contributed by atoms with van der Waals surface area (Å²) in [5.41, 5.74) is -2.31. The molecule has 3 nitrogen and oxygen atoms in total. The lowest BCUT2D eigenvalue weighted by atomic mass is 9.97. The van der Waals surface area contributed by atoms with Crippen LogP contribution in [0.4, 0.5) is 39.5 Å². The molecule has 0 unspecified atom stereocenters. The van der Waals surface area contributed by atoms with E-state index in [4.69, 9.17) is 9.47 Å². The normalized spacial score (nSPS) is 17.1. The van der Waals surface area contributed by atoms with Gasteiger partial charge in [0.2, 0.25) is 0 Å². The van der Waals surface area contributed by atoms with Gasteiger partial charge in [-0.2, -0.15) is 8.78 Å². The summed E-state index contributed by atoms with van der Waals surface area (Å²) in [6.07, 6.45) is 0.209. The molecular formula is C34H25F9O3. The summed E-state index contributed by atoms with van der Waals surface area (Å²) in [5.74, 6) is -12.2. The number of hydrogen-bond acceptors (Lipinski definition) is 3. The van der Waals surface area contributed by atoms with E-state index < -0.39 is 75.6 Å². The highest BCUT2D eigenvalue weighted by Gasteiger charge is 2.41. The van der Waals surface area contributed by atoms with Crippen molar-refractivity contribution in [2.45, 2.75) is 32.2 Å². The molecule has 0 radical (unpaired) electrons. The standard InChI is InChI=1S/C34H25F9O3/c1-2-3-4-5-18-16-44-33(45-17-18)20-7-9-23(26(36)11-20)19-6-8-24(25(35)10-19)21-12-27(37)31(28(38)13-21)34(42,43)46-22-14-29(39)32(41)30(40)15-22/h2-3,6-15,18,33H,4-5,16-17H2,1H3/b3-2+. The van der Waals surface area contributed by atoms with Crippen molar-refractivity contribution in [3.8, 4) is 28.0 Å². The Morgan fingerprint density at radius 3 is 1.87 bits per heavy atom. The summed E-state index contributed by atoms with van der Waals surface area (Å²) in [7, 11) is 0. The predicted molar refractivity (Wildman–Crippen MR) is 150 cm³/mol. The molecule has 1 saturated heterocycles. The highest BCUT2D eigenvalue weighted by Crippen LogP contribution is 2.39. The Morgan fingerprint density at radius 1 is 0.717 bits per heavy atom. The van der Waals surface area contributed by atoms with Crippen LogP contribution in [0.5, 0.6) is 5.75 Å². The van der Waals surface area contributed by atoms with Gasteiger partial charge in [-0.1, -0.05) is 36.4 Å². The van der Waals surface area contributed by atoms with Gasteiger partial charge in [0.1, 0.15) is 34.6 Å². The second-order valence-corrected chi connectivity index (χ2v) is 10.6. The number of ether oxygens (including phenoxy) is 3. The summed E-state index contributed by atoms with van der Waals surface area (Å²) in [6, 6.07) is 8.41. The van der Waals surface area contributed by atoms with Crippen LogP contribution in [0.3, 0.4) is 0 Å². The summed E-state index contributed by atoms with van der Waals surface area (Å²) in [4.78, 5) is 0. The van der Waals surface area contributed by atoms with Crippen LogP contribution in [0, 0.1) is 46.6 Å². The second kappa shape index (κ2) is 13.6. The first kappa shape index (κ1) is 33.1. The van der Waals surface area contributed by atoms with Gasteiger partial charge < -0.3 is 14.2 Å². The minimum atomic E-state index is -4.81. The molecule has 1 aliphatic heterocycles. The Bertz CT molecular complexity index is 1720. The summed E-state index contributed by atoms with van der Waals surface area (Å²) in [6.45, 7) is 2.82. The van der Waals surface area contributed by atoms with Crippen molar-refractivity contribution in [1.29, 1.82) is 0 Å². The van der Waals surface area contributed by atoms with E-state index in [2.05, 4.69) is 4.74 Å². The maximum absolute atomic E-state index is 15.2. The van der Waals surface area contributed by atoms with Crippen molar-refractivity contribution in [2.75, 3.05) is 13.2 Å². The van der Waals surface area contributed by atoms with Crippen LogP contribution >= 0.6 is 0 Å². The number of halogens is 9. The van der Waals surface area contributed by atoms with E-state index in [1.54, 1.807) is 6.07 Å². The maximum atomic E-state index is 15.2. The first-order valence-electron chi connectivity index (χ1n) is 14.0. The van der Waals surface area contributed by atoms with Crippen LogP contribution in [0.25, 0.3) is 22.3 Å². The lowest BCUT2D eigenvalue weighted by Crippen LogP contribution is -2.27. The lowest BCUT2D eigenvalue weighted by molar-refractivity contribution is -0.205. The Hall–Kier alpha value is -4.29. The Kier molecular flexibility index (Phi) is 9.78. The van der Waals surface area contributed by atoms with Crippen LogP contribution in [-0.4, -0.2) is 13.2 Å². The van der Waals surface area contributed by atoms with Gasteiger partial charge in [-0.05, 0) is 55.2 Å². The molecule has 242 valence electrons. The molecule has 1 heterocycles. The number of rotatable bonds is 9. The van der Waals surface area contributed by atoms with Gasteiger partial charge in [0.25, 0.3) is 0 Å². The van der Waals surface area contributed by atoms with Crippen LogP contribution in [-0.2, 0) is 15.6 Å². The molecule has 0 N–H and O–H groups in total. The van der Waals surface area contributed by atoms with E-state index in [1.165, 1.54) is 18.2 Å². The van der Waals surface area contributed by atoms with E-state index >= 15 is 8.78 Å². The molecule has 0 aliphatic carbocycles. The van der Waals surface area contributed by atoms with E-state index in [1.807, 2.05) is 19.1 Å². The summed E-state index contributed by atoms with van der Waals surface area (Å²) < 4.78 is 145. The molecule has 0 atom stereocenters. The van der Waals surface area contributed by atoms with Gasteiger partial charge in [0, 0.05) is 34.7 Å². The Morgan fingerprint density at radius 2 is 1.28 bits per heavy atom. The van der Waals surface area contributed by atoms with Crippen LogP contribution < -0.4 is 4.74 Å². The molecule has 0 bridgehead atoms. The molecule has 1 fully saturated rings. The molecule has 5 rings (SSSR count). The first-order chi connectivity index (χ1) is 21.9. The molecule has 0 saturated carbocycles. The van der Waals surface area contributed by atoms with E-state index in [0.717, 1.165) is 25.0 Å². The van der Waals surface area contributed by atoms with Gasteiger partial charge in [-0.3, -0.25) is 0 Å². The third-order valence-electron chi connectivity index (χ3n) is 7.34. The van der Waals surface area contributed by atoms with Crippen molar-refractivity contribution < 1.29 is 53.7 Å². The van der Waals surface area contributed by atoms with E-state index in [-0.39, 0.29) is 29.2 Å². The third kappa shape index (κ3) is 7.07. The minimum absolute atomic E-state index is 0.00686. The lowest BCUT2D eigenvalue weighted by Gasteiger charge is -2.29. The monoisotopic (exact) mass is 652 g/mol. The van der Waals surface area contributed by atoms with Crippen molar-refractivity contribution >= 4 is 0 Å². The molecular weight excluding hydrogens is 627 g/mol. The smallest absolute Gasteiger partial charge is 0.429 e. The van der Waals surface area contributed by atoms with Crippen LogP contribution in [0.15, 0.2) is 72.8 Å². The zero-order chi connectivity index (χ0) is 33.2. The number of alkyl halides is 2. The number of hydrogen-bond donors (Lipinski definition) is 0. The molecule has 46 heavy (non-hydrogen) atoms. The highest BCUT2D eigenvalue weighted by molar-refractivity contribution is 5.72. The zero-order valence-corrected chi connectivity index (χ0v) is 24.0. The number of benzene rings is 4. The van der Waals surface area contributed by atoms with Crippen molar-refractivity contribution in [1.82, 2.24) is 0 Å². The van der Waals surface area contributed by atoms with E-state index in [0.29, 0.717) is 30.9 Å². The average Bonchev–Trinajstić information content (AvgIpc) is 2.99. The van der Waals surface area contributed by atoms with Crippen LogP contribution in [0.1, 0.15) is 37.2 Å². The molecule has 0 aromatic heterocycles. The topological polar surface area (TPSA) is 27.7 Å². The van der Waals surface area contributed by atoms with Crippen molar-refractivity contribution in [3.05, 3.63) is 125 Å². The minimum Gasteiger partial charge on any atom is -0.429 e. The average molecular weight is 653 g/mol. The van der Waals surface area contributed by atoms with Crippen molar-refractivity contribution in [2.24, 2.45) is 5.92 Å². The maximum Gasteiger partial charge on any atom is 0.432 e. The number of allylic oxidation sites excluding steroid dienone is 2. The van der Waals surface area contributed by atoms with Crippen molar-refractivity contribution in [3.63, 3.8) is 0 Å². The fourth-order valence-electron chi connectivity index (χ4n) is 5.03. The second-order valence-electron chi connectivity index (χ2n) is 10.6. The molecule has 12 heteroatoms. The molecule has 4 aromatic carbocycles. The fraction of sp³-hybridized carbons (Fsp3) is 0.235. The Balaban J connectivity index is 1.33. The van der Waals surface area contributed by atoms with Gasteiger partial charge >= 0.3 is 6.11 Å². The third-order valence-corrected chi connectivity index (χ3v) is 7.34. The van der Waals surface area contributed by atoms with Gasteiger partial charge in [-0.15, -0.1) is 0 Å². The van der Waals surface area contributed by atoms with Gasteiger partial charge in [0.05, 0.1) is 13.2 Å². The Labute approximate surface area is 257 Å². The quantitative estimate of drug-likeness (QED) is 0.102. The molecule has 1 aliphatic rings. The largest absolute Gasteiger partial charge is 0.432 e. The van der Waals surface area contributed by atoms with Crippen LogP contribution in [0.2, 0.25) is 0 Å². The van der Waals surface area contributed by atoms with E-state index in [9.17, 15) is 30.7 Å². The summed E-state index contributed by atoms with van der Waals surface area (Å²) >= 11 is 0. The zero-order valence-electron chi connectivity index (χ0n) is 24.0. The predicted octanol–water partition coefficient (Wildman–Crippen LogP) is 10.1. The van der Waals surface area contributed by atoms with Gasteiger partial charge in [-0.25, -0.2) is 30.7 Å². The van der Waals surface area contributed by atoms with Gasteiger partial charge in [0.15, 0.2) is 23.7 Å².